The van der Waals surface area contributed by atoms with E-state index in [1.54, 1.807) is 43.4 Å². The minimum Gasteiger partial charge on any atom is -0.507 e. The molecule has 0 aliphatic carbocycles. The molecule has 0 saturated carbocycles. The highest BCUT2D eigenvalue weighted by atomic mass is 127. The van der Waals surface area contributed by atoms with E-state index in [1.165, 1.54) is 12.1 Å². The quantitative estimate of drug-likeness (QED) is 0.611. The molecule has 0 radical (unpaired) electrons. The van der Waals surface area contributed by atoms with Gasteiger partial charge in [0.2, 0.25) is 0 Å². The van der Waals surface area contributed by atoms with Gasteiger partial charge in [0.05, 0.1) is 9.13 Å². The van der Waals surface area contributed by atoms with Crippen molar-refractivity contribution in [2.24, 2.45) is 0 Å². The Hall–Kier alpha value is -0.980. The number of phenolic OH excluding ortho intramolecular Hbond substituents is 2. The van der Waals surface area contributed by atoms with E-state index in [0.717, 1.165) is 0 Å². The van der Waals surface area contributed by atoms with Crippen LogP contribution in [0.15, 0.2) is 12.1 Å². The van der Waals surface area contributed by atoms with Gasteiger partial charge in [-0.25, -0.2) is 4.79 Å². The lowest BCUT2D eigenvalue weighted by molar-refractivity contribution is 0.00686. The van der Waals surface area contributed by atoms with E-state index < -0.39 is 11.6 Å². The topological polar surface area (TPSA) is 66.8 Å². The molecular formula is C11H13IO4. The minimum absolute atomic E-state index is 0.130. The van der Waals surface area contributed by atoms with Gasteiger partial charge in [-0.05, 0) is 55.5 Å². The molecule has 0 aromatic heterocycles. The predicted octanol–water partition coefficient (Wildman–Crippen LogP) is 2.66. The Bertz CT molecular complexity index is 397. The van der Waals surface area contributed by atoms with Crippen molar-refractivity contribution < 1.29 is 19.7 Å². The van der Waals surface area contributed by atoms with Crippen LogP contribution in [-0.2, 0) is 4.74 Å². The summed E-state index contributed by atoms with van der Waals surface area (Å²) in [7, 11) is 0. The molecule has 0 atom stereocenters. The second-order valence-electron chi connectivity index (χ2n) is 4.33. The van der Waals surface area contributed by atoms with Crippen LogP contribution >= 0.6 is 22.6 Å². The number of aromatic hydroxyl groups is 2. The summed E-state index contributed by atoms with van der Waals surface area (Å²) in [6.45, 7) is 5.24. The van der Waals surface area contributed by atoms with Crippen molar-refractivity contribution in [2.75, 3.05) is 0 Å². The molecule has 0 aliphatic heterocycles. The van der Waals surface area contributed by atoms with E-state index in [4.69, 9.17) is 4.74 Å². The third-order valence-electron chi connectivity index (χ3n) is 1.67. The number of esters is 1. The Morgan fingerprint density at radius 2 is 1.69 bits per heavy atom. The maximum Gasteiger partial charge on any atom is 0.338 e. The number of hydrogen-bond donors (Lipinski definition) is 2. The second-order valence-corrected chi connectivity index (χ2v) is 5.41. The fraction of sp³-hybridized carbons (Fsp3) is 0.364. The maximum absolute atomic E-state index is 11.6. The van der Waals surface area contributed by atoms with Crippen LogP contribution < -0.4 is 0 Å². The van der Waals surface area contributed by atoms with Gasteiger partial charge in [-0.15, -0.1) is 0 Å². The molecule has 2 N–H and O–H groups in total. The van der Waals surface area contributed by atoms with Crippen LogP contribution in [0, 0.1) is 3.57 Å². The van der Waals surface area contributed by atoms with Crippen LogP contribution in [0.1, 0.15) is 31.1 Å². The highest BCUT2D eigenvalue weighted by Gasteiger charge is 2.19. The molecule has 1 rings (SSSR count). The smallest absolute Gasteiger partial charge is 0.338 e. The monoisotopic (exact) mass is 336 g/mol. The summed E-state index contributed by atoms with van der Waals surface area (Å²) in [5, 5.41) is 18.9. The summed E-state index contributed by atoms with van der Waals surface area (Å²) in [5.74, 6) is -0.850. The predicted molar refractivity (Wildman–Crippen MR) is 67.7 cm³/mol. The number of rotatable bonds is 1. The zero-order valence-corrected chi connectivity index (χ0v) is 11.4. The first kappa shape index (κ1) is 13.1. The number of carbonyl (C=O) groups excluding carboxylic acids is 1. The Morgan fingerprint density at radius 3 is 2.06 bits per heavy atom. The van der Waals surface area contributed by atoms with Gasteiger partial charge in [-0.1, -0.05) is 0 Å². The third-order valence-corrected chi connectivity index (χ3v) is 2.77. The Morgan fingerprint density at radius 1 is 1.25 bits per heavy atom. The normalized spacial score (nSPS) is 11.2. The van der Waals surface area contributed by atoms with Gasteiger partial charge >= 0.3 is 5.97 Å². The van der Waals surface area contributed by atoms with Gasteiger partial charge in [-0.3, -0.25) is 0 Å². The van der Waals surface area contributed by atoms with Gasteiger partial charge in [0, 0.05) is 0 Å². The molecule has 0 saturated heterocycles. The summed E-state index contributed by atoms with van der Waals surface area (Å²) in [4.78, 5) is 11.6. The lowest BCUT2D eigenvalue weighted by Crippen LogP contribution is -2.23. The van der Waals surface area contributed by atoms with Gasteiger partial charge in [0.15, 0.2) is 0 Å². The first-order valence-corrected chi connectivity index (χ1v) is 5.73. The molecule has 0 unspecified atom stereocenters. The van der Waals surface area contributed by atoms with Gasteiger partial charge < -0.3 is 14.9 Å². The molecule has 1 aromatic carbocycles. The SMILES string of the molecule is CC(C)(C)OC(=O)c1cc(O)c(I)c(O)c1. The number of hydrogen-bond acceptors (Lipinski definition) is 4. The summed E-state index contributed by atoms with van der Waals surface area (Å²) in [5.41, 5.74) is -0.476. The molecular weight excluding hydrogens is 323 g/mol. The molecule has 0 amide bonds. The van der Waals surface area contributed by atoms with Gasteiger partial charge in [0.25, 0.3) is 0 Å². The van der Waals surface area contributed by atoms with E-state index in [-0.39, 0.29) is 17.1 Å². The Kier molecular flexibility index (Phi) is 3.67. The van der Waals surface area contributed by atoms with E-state index in [1.807, 2.05) is 0 Å². The summed E-state index contributed by atoms with van der Waals surface area (Å²) >= 11 is 1.79. The van der Waals surface area contributed by atoms with E-state index in [9.17, 15) is 15.0 Å². The molecule has 16 heavy (non-hydrogen) atoms. The molecule has 4 nitrogen and oxygen atoms in total. The standard InChI is InChI=1S/C11H13IO4/c1-11(2,3)16-10(15)6-4-7(13)9(12)8(14)5-6/h4-5,13-14H,1-3H3. The fourth-order valence-corrected chi connectivity index (χ4v) is 1.36. The van der Waals surface area contributed by atoms with Crippen LogP contribution in [0.3, 0.4) is 0 Å². The van der Waals surface area contributed by atoms with E-state index >= 15 is 0 Å². The lowest BCUT2D eigenvalue weighted by atomic mass is 10.1. The minimum atomic E-state index is -0.606. The summed E-state index contributed by atoms with van der Waals surface area (Å²) < 4.78 is 5.42. The van der Waals surface area contributed by atoms with Gasteiger partial charge in [0.1, 0.15) is 17.1 Å². The van der Waals surface area contributed by atoms with Crippen LogP contribution in [0.5, 0.6) is 11.5 Å². The van der Waals surface area contributed by atoms with Crippen molar-refractivity contribution in [1.82, 2.24) is 0 Å². The van der Waals surface area contributed by atoms with Crippen molar-refractivity contribution in [1.29, 1.82) is 0 Å². The van der Waals surface area contributed by atoms with Crippen molar-refractivity contribution >= 4 is 28.6 Å². The first-order chi connectivity index (χ1) is 7.20. The van der Waals surface area contributed by atoms with Crippen LogP contribution in [0.25, 0.3) is 0 Å². The molecule has 0 bridgehead atoms. The molecule has 1 aromatic rings. The van der Waals surface area contributed by atoms with Crippen molar-refractivity contribution in [3.8, 4) is 11.5 Å². The lowest BCUT2D eigenvalue weighted by Gasteiger charge is -2.19. The zero-order chi connectivity index (χ0) is 12.5. The van der Waals surface area contributed by atoms with Crippen molar-refractivity contribution in [3.05, 3.63) is 21.3 Å². The molecule has 88 valence electrons. The molecule has 0 aliphatic rings. The average molecular weight is 336 g/mol. The first-order valence-electron chi connectivity index (χ1n) is 4.65. The average Bonchev–Trinajstić information content (AvgIpc) is 2.10. The van der Waals surface area contributed by atoms with Crippen LogP contribution in [0.4, 0.5) is 0 Å². The van der Waals surface area contributed by atoms with E-state index in [2.05, 4.69) is 0 Å². The van der Waals surface area contributed by atoms with E-state index in [0.29, 0.717) is 3.57 Å². The van der Waals surface area contributed by atoms with Crippen molar-refractivity contribution in [3.63, 3.8) is 0 Å². The second kappa shape index (κ2) is 4.48. The van der Waals surface area contributed by atoms with Crippen LogP contribution in [0.2, 0.25) is 0 Å². The Balaban J connectivity index is 3.02. The molecule has 5 heteroatoms. The number of benzene rings is 1. The van der Waals surface area contributed by atoms with Crippen LogP contribution in [-0.4, -0.2) is 21.8 Å². The molecule has 0 heterocycles. The number of halogens is 1. The summed E-state index contributed by atoms with van der Waals surface area (Å²) in [6.07, 6.45) is 0. The Labute approximate surface area is 107 Å². The fourth-order valence-electron chi connectivity index (χ4n) is 1.05. The third kappa shape index (κ3) is 3.26. The van der Waals surface area contributed by atoms with Crippen molar-refractivity contribution in [2.45, 2.75) is 26.4 Å². The molecule has 0 fully saturated rings. The highest BCUT2D eigenvalue weighted by molar-refractivity contribution is 14.1. The number of phenols is 2. The highest BCUT2D eigenvalue weighted by Crippen LogP contribution is 2.30. The number of ether oxygens (including phenoxy) is 1. The largest absolute Gasteiger partial charge is 0.507 e. The number of carbonyl (C=O) groups is 1. The maximum atomic E-state index is 11.6. The van der Waals surface area contributed by atoms with Gasteiger partial charge in [-0.2, -0.15) is 0 Å². The molecule has 0 spiro atoms. The summed E-state index contributed by atoms with van der Waals surface area (Å²) in [6, 6.07) is 2.55. The zero-order valence-electron chi connectivity index (χ0n) is 9.24.